The van der Waals surface area contributed by atoms with Gasteiger partial charge in [0.1, 0.15) is 11.4 Å². The number of carbonyl (C=O) groups is 1. The first-order valence-corrected chi connectivity index (χ1v) is 19.3. The van der Waals surface area contributed by atoms with E-state index in [0.717, 1.165) is 94.7 Å². The summed E-state index contributed by atoms with van der Waals surface area (Å²) in [4.78, 5) is 32.9. The average Bonchev–Trinajstić information content (AvgIpc) is 3.47. The number of benzene rings is 1. The number of carbonyl (C=O) groups excluding carboxylic acids is 1. The molecule has 4 aliphatic rings. The molecule has 276 valence electrons. The zero-order chi connectivity index (χ0) is 36.0. The Kier molecular flexibility index (Phi) is 9.31. The number of hydrogen-bond acceptors (Lipinski definition) is 10. The SMILES string of the molecule is CC(C)(C)OC(=O)N1CC2(CC(N3CCC(c4cnc(N5CCc6[nH]c7nnc(-c8ccccc8O)cc7c6C5CCCCCN)nc4)CC3)C2)C1. The first kappa shape index (κ1) is 34.8. The first-order chi connectivity index (χ1) is 25.1. The maximum atomic E-state index is 12.4. The molecule has 12 nitrogen and oxygen atoms in total. The number of nitrogens with two attached hydrogens (primary N) is 1. The number of nitrogens with zero attached hydrogens (tertiary/aromatic N) is 7. The number of phenols is 1. The Morgan fingerprint density at radius 1 is 1.04 bits per heavy atom. The molecule has 12 heteroatoms. The number of aromatic nitrogens is 5. The smallest absolute Gasteiger partial charge is 0.410 e. The van der Waals surface area contributed by atoms with E-state index < -0.39 is 5.60 Å². The molecule has 2 saturated heterocycles. The van der Waals surface area contributed by atoms with Gasteiger partial charge in [-0.3, -0.25) is 0 Å². The predicted molar refractivity (Wildman–Crippen MR) is 201 cm³/mol. The minimum Gasteiger partial charge on any atom is -0.507 e. The lowest BCUT2D eigenvalue weighted by Crippen LogP contribution is -2.68. The molecule has 4 N–H and O–H groups in total. The van der Waals surface area contributed by atoms with Gasteiger partial charge >= 0.3 is 6.09 Å². The second-order valence-corrected chi connectivity index (χ2v) is 16.6. The Bertz CT molecular complexity index is 1880. The van der Waals surface area contributed by atoms with E-state index in [4.69, 9.17) is 20.4 Å². The molecule has 52 heavy (non-hydrogen) atoms. The summed E-state index contributed by atoms with van der Waals surface area (Å²) in [5.41, 5.74) is 11.5. The minimum absolute atomic E-state index is 0.0865. The molecule has 1 aliphatic carbocycles. The third-order valence-electron chi connectivity index (χ3n) is 11.8. The van der Waals surface area contributed by atoms with Crippen LogP contribution in [0.25, 0.3) is 22.3 Å². The van der Waals surface area contributed by atoms with E-state index in [2.05, 4.69) is 43.4 Å². The number of unbranched alkanes of at least 4 members (excludes halogenated alkanes) is 2. The lowest BCUT2D eigenvalue weighted by Gasteiger charge is -2.61. The molecule has 1 atom stereocenters. The van der Waals surface area contributed by atoms with Crippen molar-refractivity contribution in [3.63, 3.8) is 0 Å². The summed E-state index contributed by atoms with van der Waals surface area (Å²) < 4.78 is 5.57. The topological polar surface area (TPSA) is 150 Å². The maximum Gasteiger partial charge on any atom is 0.410 e. The summed E-state index contributed by atoms with van der Waals surface area (Å²) in [6, 6.07) is 10.0. The van der Waals surface area contributed by atoms with Crippen molar-refractivity contribution >= 4 is 23.1 Å². The molecule has 1 spiro atoms. The largest absolute Gasteiger partial charge is 0.507 e. The van der Waals surface area contributed by atoms with E-state index in [-0.39, 0.29) is 17.9 Å². The molecule has 3 fully saturated rings. The fraction of sp³-hybridized carbons (Fsp3) is 0.575. The highest BCUT2D eigenvalue weighted by Crippen LogP contribution is 2.51. The van der Waals surface area contributed by atoms with Crippen LogP contribution in [0.2, 0.25) is 0 Å². The lowest BCUT2D eigenvalue weighted by atomic mass is 9.60. The number of nitrogens with one attached hydrogen (secondary N) is 1. The highest BCUT2D eigenvalue weighted by molar-refractivity contribution is 5.86. The van der Waals surface area contributed by atoms with Crippen molar-refractivity contribution in [2.45, 2.75) is 102 Å². The molecule has 1 aromatic carbocycles. The van der Waals surface area contributed by atoms with Crippen LogP contribution in [0.3, 0.4) is 0 Å². The van der Waals surface area contributed by atoms with Gasteiger partial charge in [-0.2, -0.15) is 0 Å². The number of H-pyrrole nitrogens is 1. The summed E-state index contributed by atoms with van der Waals surface area (Å²) in [5, 5.41) is 20.6. The number of ether oxygens (including phenoxy) is 1. The van der Waals surface area contributed by atoms with Crippen LogP contribution in [-0.4, -0.2) is 97.1 Å². The molecule has 1 saturated carbocycles. The van der Waals surface area contributed by atoms with Gasteiger partial charge in [-0.05, 0) is 109 Å². The molecule has 1 amide bonds. The molecule has 3 aliphatic heterocycles. The van der Waals surface area contributed by atoms with Crippen molar-refractivity contribution in [2.24, 2.45) is 11.1 Å². The summed E-state index contributed by atoms with van der Waals surface area (Å²) in [6.45, 7) is 11.1. The van der Waals surface area contributed by atoms with Gasteiger partial charge in [-0.15, -0.1) is 10.2 Å². The van der Waals surface area contributed by atoms with Crippen molar-refractivity contribution in [1.29, 1.82) is 0 Å². The number of aromatic amines is 1. The van der Waals surface area contributed by atoms with Gasteiger partial charge in [0.15, 0.2) is 5.65 Å². The van der Waals surface area contributed by atoms with Crippen LogP contribution in [0, 0.1) is 5.41 Å². The van der Waals surface area contributed by atoms with Gasteiger partial charge < -0.3 is 35.3 Å². The fourth-order valence-electron chi connectivity index (χ4n) is 9.17. The minimum atomic E-state index is -0.448. The van der Waals surface area contributed by atoms with Gasteiger partial charge in [-0.1, -0.05) is 25.0 Å². The molecule has 6 heterocycles. The average molecular weight is 708 g/mol. The Morgan fingerprint density at radius 2 is 1.79 bits per heavy atom. The van der Waals surface area contributed by atoms with Gasteiger partial charge in [0.05, 0.1) is 11.7 Å². The number of rotatable bonds is 9. The van der Waals surface area contributed by atoms with Crippen LogP contribution in [0.15, 0.2) is 42.7 Å². The van der Waals surface area contributed by atoms with Crippen LogP contribution in [0.4, 0.5) is 10.7 Å². The number of likely N-dealkylation sites (tertiary alicyclic amines) is 2. The standard InChI is InChI=1S/C40H53N9O3/c1-39(2,3)52-38(51)48-24-40(25-48)20-28(21-40)47-16-12-26(13-17-47)27-22-42-37(43-23-27)49-18-14-31-35(33(49)10-5-4-8-15-41)30-19-32(45-46-36(30)44-31)29-9-6-7-11-34(29)50/h6-7,9,11,19,22-23,26,28,33,50H,4-5,8,10,12-18,20-21,24-25,41H2,1-3H3,(H,44,46). The molecule has 1 unspecified atom stereocenters. The van der Waals surface area contributed by atoms with Crippen LogP contribution in [-0.2, 0) is 11.2 Å². The van der Waals surface area contributed by atoms with E-state index in [0.29, 0.717) is 35.2 Å². The van der Waals surface area contributed by atoms with Gasteiger partial charge in [0.2, 0.25) is 5.95 Å². The Labute approximate surface area is 306 Å². The van der Waals surface area contributed by atoms with Crippen LogP contribution >= 0.6 is 0 Å². The maximum absolute atomic E-state index is 12.4. The monoisotopic (exact) mass is 707 g/mol. The zero-order valence-electron chi connectivity index (χ0n) is 30.9. The van der Waals surface area contributed by atoms with E-state index in [9.17, 15) is 9.90 Å². The number of hydrogen-bond donors (Lipinski definition) is 3. The highest BCUT2D eigenvalue weighted by atomic mass is 16.6. The zero-order valence-corrected chi connectivity index (χ0v) is 30.9. The van der Waals surface area contributed by atoms with E-state index in [1.54, 1.807) is 6.07 Å². The van der Waals surface area contributed by atoms with E-state index in [1.807, 2.05) is 43.9 Å². The number of anilines is 1. The Hall–Kier alpha value is -4.29. The van der Waals surface area contributed by atoms with Crippen molar-refractivity contribution in [3.8, 4) is 17.0 Å². The lowest BCUT2D eigenvalue weighted by molar-refractivity contribution is -0.110. The second-order valence-electron chi connectivity index (χ2n) is 16.6. The van der Waals surface area contributed by atoms with Crippen LogP contribution < -0.4 is 10.6 Å². The van der Waals surface area contributed by atoms with E-state index in [1.165, 1.54) is 29.7 Å². The van der Waals surface area contributed by atoms with Crippen molar-refractivity contribution in [3.05, 3.63) is 59.5 Å². The number of aromatic hydroxyl groups is 1. The predicted octanol–water partition coefficient (Wildman–Crippen LogP) is 6.32. The van der Waals surface area contributed by atoms with Crippen molar-refractivity contribution in [1.82, 2.24) is 34.9 Å². The van der Waals surface area contributed by atoms with Crippen LogP contribution in [0.1, 0.15) is 101 Å². The fourth-order valence-corrected chi connectivity index (χ4v) is 9.17. The third kappa shape index (κ3) is 6.82. The summed E-state index contributed by atoms with van der Waals surface area (Å²) >= 11 is 0. The number of para-hydroxylation sites is 1. The summed E-state index contributed by atoms with van der Waals surface area (Å²) in [6.07, 6.45) is 13.5. The molecule has 4 aromatic rings. The summed E-state index contributed by atoms with van der Waals surface area (Å²) in [5.74, 6) is 1.43. The Balaban J connectivity index is 0.924. The number of piperidine rings is 1. The quantitative estimate of drug-likeness (QED) is 0.169. The molecule has 0 radical (unpaired) electrons. The van der Waals surface area contributed by atoms with Gasteiger partial charge in [-0.25, -0.2) is 14.8 Å². The Morgan fingerprint density at radius 3 is 2.50 bits per heavy atom. The van der Waals surface area contributed by atoms with E-state index >= 15 is 0 Å². The third-order valence-corrected chi connectivity index (χ3v) is 11.8. The summed E-state index contributed by atoms with van der Waals surface area (Å²) in [7, 11) is 0. The number of phenolic OH excluding ortho intramolecular Hbond substituents is 1. The molecular weight excluding hydrogens is 654 g/mol. The number of amides is 1. The van der Waals surface area contributed by atoms with Crippen LogP contribution in [0.5, 0.6) is 5.75 Å². The second kappa shape index (κ2) is 13.9. The highest BCUT2D eigenvalue weighted by Gasteiger charge is 2.55. The molecule has 8 rings (SSSR count). The normalized spacial score (nSPS) is 20.9. The number of fused-ring (bicyclic) bond motifs is 3. The van der Waals surface area contributed by atoms with Crippen molar-refractivity contribution < 1.29 is 14.6 Å². The first-order valence-electron chi connectivity index (χ1n) is 19.3. The molecular formula is C40H53N9O3. The van der Waals surface area contributed by atoms with Gasteiger partial charge in [0.25, 0.3) is 0 Å². The molecule has 3 aromatic heterocycles. The molecule has 0 bridgehead atoms. The van der Waals surface area contributed by atoms with Gasteiger partial charge in [0, 0.05) is 72.1 Å². The van der Waals surface area contributed by atoms with Crippen molar-refractivity contribution in [2.75, 3.05) is 44.2 Å².